The van der Waals surface area contributed by atoms with Crippen molar-refractivity contribution < 1.29 is 14.3 Å². The average molecular weight is 320 g/mol. The number of amides is 2. The molecule has 2 amide bonds. The lowest BCUT2D eigenvalue weighted by Crippen LogP contribution is -2.40. The van der Waals surface area contributed by atoms with Gasteiger partial charge in [0.1, 0.15) is 5.75 Å². The second kappa shape index (κ2) is 9.18. The van der Waals surface area contributed by atoms with E-state index >= 15 is 0 Å². The van der Waals surface area contributed by atoms with Crippen molar-refractivity contribution in [3.63, 3.8) is 0 Å². The van der Waals surface area contributed by atoms with Gasteiger partial charge in [0.15, 0.2) is 0 Å². The second-order valence-electron chi connectivity index (χ2n) is 6.57. The van der Waals surface area contributed by atoms with Gasteiger partial charge in [0.25, 0.3) is 0 Å². The van der Waals surface area contributed by atoms with Crippen LogP contribution in [0, 0.1) is 0 Å². The number of hydrogen-bond donors (Lipinski definition) is 2. The third-order valence-electron chi connectivity index (χ3n) is 2.93. The molecule has 0 saturated carbocycles. The van der Waals surface area contributed by atoms with Gasteiger partial charge < -0.3 is 15.4 Å². The van der Waals surface area contributed by atoms with Crippen LogP contribution in [0.5, 0.6) is 5.75 Å². The van der Waals surface area contributed by atoms with E-state index in [0.717, 1.165) is 17.9 Å². The van der Waals surface area contributed by atoms with Crippen LogP contribution in [0.15, 0.2) is 24.3 Å². The van der Waals surface area contributed by atoms with Crippen LogP contribution in [0.25, 0.3) is 0 Å². The van der Waals surface area contributed by atoms with Crippen LogP contribution >= 0.6 is 0 Å². The first-order valence-corrected chi connectivity index (χ1v) is 8.14. The SMILES string of the molecule is CCCOc1ccc(NC(=O)CCCC(=O)NC(C)(C)C)cc1. The summed E-state index contributed by atoms with van der Waals surface area (Å²) in [5.74, 6) is 0.683. The molecule has 0 heterocycles. The fraction of sp³-hybridized carbons (Fsp3) is 0.556. The van der Waals surface area contributed by atoms with Crippen LogP contribution in [0.2, 0.25) is 0 Å². The maximum absolute atomic E-state index is 11.9. The minimum Gasteiger partial charge on any atom is -0.494 e. The Bertz CT molecular complexity index is 504. The van der Waals surface area contributed by atoms with Crippen LogP contribution < -0.4 is 15.4 Å². The van der Waals surface area contributed by atoms with E-state index < -0.39 is 0 Å². The number of carbonyl (C=O) groups is 2. The Morgan fingerprint density at radius 2 is 1.65 bits per heavy atom. The lowest BCUT2D eigenvalue weighted by molar-refractivity contribution is -0.122. The van der Waals surface area contributed by atoms with Gasteiger partial charge in [-0.05, 0) is 57.9 Å². The van der Waals surface area contributed by atoms with Crippen LogP contribution in [0.1, 0.15) is 53.4 Å². The molecule has 0 saturated heterocycles. The molecule has 1 aromatic carbocycles. The maximum Gasteiger partial charge on any atom is 0.224 e. The van der Waals surface area contributed by atoms with Crippen molar-refractivity contribution in [3.8, 4) is 5.75 Å². The first-order valence-electron chi connectivity index (χ1n) is 8.14. The van der Waals surface area contributed by atoms with Gasteiger partial charge >= 0.3 is 0 Å². The molecule has 0 bridgehead atoms. The number of ether oxygens (including phenoxy) is 1. The van der Waals surface area contributed by atoms with E-state index in [1.807, 2.05) is 45.0 Å². The molecule has 5 heteroatoms. The van der Waals surface area contributed by atoms with E-state index in [0.29, 0.717) is 25.9 Å². The largest absolute Gasteiger partial charge is 0.494 e. The maximum atomic E-state index is 11.9. The summed E-state index contributed by atoms with van der Waals surface area (Å²) in [6.45, 7) is 8.54. The molecule has 0 aliphatic heterocycles. The average Bonchev–Trinajstić information content (AvgIpc) is 2.44. The molecule has 0 fully saturated rings. The summed E-state index contributed by atoms with van der Waals surface area (Å²) in [7, 11) is 0. The molecule has 0 aromatic heterocycles. The summed E-state index contributed by atoms with van der Waals surface area (Å²) in [4.78, 5) is 23.5. The molecule has 1 aromatic rings. The van der Waals surface area contributed by atoms with Gasteiger partial charge in [-0.1, -0.05) is 6.92 Å². The standard InChI is InChI=1S/C18H28N2O3/c1-5-13-23-15-11-9-14(10-12-15)19-16(21)7-6-8-17(22)20-18(2,3)4/h9-12H,5-8,13H2,1-4H3,(H,19,21)(H,20,22). The van der Waals surface area contributed by atoms with E-state index in [2.05, 4.69) is 17.6 Å². The Labute approximate surface area is 138 Å². The Hall–Kier alpha value is -2.04. The Morgan fingerprint density at radius 1 is 1.04 bits per heavy atom. The third kappa shape index (κ3) is 8.86. The second-order valence-corrected chi connectivity index (χ2v) is 6.57. The number of hydrogen-bond acceptors (Lipinski definition) is 3. The van der Waals surface area contributed by atoms with Crippen molar-refractivity contribution in [2.75, 3.05) is 11.9 Å². The van der Waals surface area contributed by atoms with Crippen LogP contribution in [-0.4, -0.2) is 24.0 Å². The smallest absolute Gasteiger partial charge is 0.224 e. The molecule has 23 heavy (non-hydrogen) atoms. The zero-order chi connectivity index (χ0) is 17.3. The van der Waals surface area contributed by atoms with Gasteiger partial charge in [-0.3, -0.25) is 9.59 Å². The number of nitrogens with one attached hydrogen (secondary N) is 2. The van der Waals surface area contributed by atoms with Gasteiger partial charge in [0, 0.05) is 24.1 Å². The summed E-state index contributed by atoms with van der Waals surface area (Å²) in [6.07, 6.45) is 2.17. The molecule has 128 valence electrons. The van der Waals surface area contributed by atoms with Crippen LogP contribution in [0.4, 0.5) is 5.69 Å². The van der Waals surface area contributed by atoms with E-state index in [4.69, 9.17) is 4.74 Å². The predicted octanol–water partition coefficient (Wildman–Crippen LogP) is 3.50. The molecular weight excluding hydrogens is 292 g/mol. The molecule has 0 atom stereocenters. The van der Waals surface area contributed by atoms with Crippen LogP contribution in [-0.2, 0) is 9.59 Å². The number of carbonyl (C=O) groups excluding carboxylic acids is 2. The molecule has 0 radical (unpaired) electrons. The monoisotopic (exact) mass is 320 g/mol. The first-order chi connectivity index (χ1) is 10.8. The fourth-order valence-corrected chi connectivity index (χ4v) is 1.97. The summed E-state index contributed by atoms with van der Waals surface area (Å²) in [6, 6.07) is 7.30. The van der Waals surface area contributed by atoms with Gasteiger partial charge in [-0.15, -0.1) is 0 Å². The lowest BCUT2D eigenvalue weighted by atomic mass is 10.1. The van der Waals surface area contributed by atoms with E-state index in [-0.39, 0.29) is 17.4 Å². The molecule has 5 nitrogen and oxygen atoms in total. The molecule has 0 aliphatic carbocycles. The Kier molecular flexibility index (Phi) is 7.59. The zero-order valence-corrected chi connectivity index (χ0v) is 14.6. The number of rotatable bonds is 8. The quantitative estimate of drug-likeness (QED) is 0.770. The minimum atomic E-state index is -0.235. The van der Waals surface area contributed by atoms with Crippen LogP contribution in [0.3, 0.4) is 0 Å². The number of benzene rings is 1. The van der Waals surface area contributed by atoms with Crippen molar-refractivity contribution in [2.24, 2.45) is 0 Å². The lowest BCUT2D eigenvalue weighted by Gasteiger charge is -2.20. The van der Waals surface area contributed by atoms with Gasteiger partial charge in [0.2, 0.25) is 11.8 Å². The van der Waals surface area contributed by atoms with E-state index in [1.165, 1.54) is 0 Å². The van der Waals surface area contributed by atoms with Crippen molar-refractivity contribution in [3.05, 3.63) is 24.3 Å². The summed E-state index contributed by atoms with van der Waals surface area (Å²) >= 11 is 0. The van der Waals surface area contributed by atoms with Gasteiger partial charge in [-0.2, -0.15) is 0 Å². The van der Waals surface area contributed by atoms with Gasteiger partial charge in [-0.25, -0.2) is 0 Å². The van der Waals surface area contributed by atoms with E-state index in [9.17, 15) is 9.59 Å². The minimum absolute atomic E-state index is 0.0253. The molecule has 0 spiro atoms. The topological polar surface area (TPSA) is 67.4 Å². The third-order valence-corrected chi connectivity index (χ3v) is 2.93. The fourth-order valence-electron chi connectivity index (χ4n) is 1.97. The Balaban J connectivity index is 2.29. The van der Waals surface area contributed by atoms with Crippen molar-refractivity contribution in [1.82, 2.24) is 5.32 Å². The molecular formula is C18H28N2O3. The predicted molar refractivity (Wildman–Crippen MR) is 92.6 cm³/mol. The van der Waals surface area contributed by atoms with Crippen molar-refractivity contribution in [2.45, 2.75) is 58.9 Å². The highest BCUT2D eigenvalue weighted by atomic mass is 16.5. The van der Waals surface area contributed by atoms with E-state index in [1.54, 1.807) is 0 Å². The normalized spacial score (nSPS) is 11.0. The molecule has 2 N–H and O–H groups in total. The highest BCUT2D eigenvalue weighted by Crippen LogP contribution is 2.16. The van der Waals surface area contributed by atoms with Gasteiger partial charge in [0.05, 0.1) is 6.61 Å². The number of anilines is 1. The molecule has 0 aliphatic rings. The summed E-state index contributed by atoms with van der Waals surface area (Å²) in [5, 5.41) is 5.70. The summed E-state index contributed by atoms with van der Waals surface area (Å²) < 4.78 is 5.49. The highest BCUT2D eigenvalue weighted by molar-refractivity contribution is 5.91. The zero-order valence-electron chi connectivity index (χ0n) is 14.6. The highest BCUT2D eigenvalue weighted by Gasteiger charge is 2.13. The molecule has 1 rings (SSSR count). The van der Waals surface area contributed by atoms with Crippen molar-refractivity contribution >= 4 is 17.5 Å². The first kappa shape index (κ1) is 19.0. The van der Waals surface area contributed by atoms with Crippen molar-refractivity contribution in [1.29, 1.82) is 0 Å². The Morgan fingerprint density at radius 3 is 2.22 bits per heavy atom. The summed E-state index contributed by atoms with van der Waals surface area (Å²) in [5.41, 5.74) is 0.499. The molecule has 0 unspecified atom stereocenters.